The van der Waals surface area contributed by atoms with Gasteiger partial charge in [0.15, 0.2) is 0 Å². The predicted molar refractivity (Wildman–Crippen MR) is 101 cm³/mol. The van der Waals surface area contributed by atoms with Crippen molar-refractivity contribution in [3.63, 3.8) is 0 Å². The molecule has 2 unspecified atom stereocenters. The van der Waals surface area contributed by atoms with Gasteiger partial charge in [0.1, 0.15) is 12.6 Å². The van der Waals surface area contributed by atoms with E-state index in [1.54, 1.807) is 0 Å². The first-order valence-electron chi connectivity index (χ1n) is 8.20. The average Bonchev–Trinajstić information content (AvgIpc) is 2.46. The number of halogens is 2. The van der Waals surface area contributed by atoms with Gasteiger partial charge < -0.3 is 46.8 Å². The Balaban J connectivity index is -0.000000132. The molecule has 0 saturated heterocycles. The second-order valence-electron chi connectivity index (χ2n) is 6.47. The number of nitrogens with zero attached hydrogens (tertiary/aromatic N) is 2. The van der Waals surface area contributed by atoms with Crippen LogP contribution in [0.4, 0.5) is 0 Å². The van der Waals surface area contributed by atoms with Gasteiger partial charge in [-0.05, 0) is 33.5 Å². The van der Waals surface area contributed by atoms with Gasteiger partial charge in [-0.2, -0.15) is 0 Å². The average molecular weight is 484 g/mol. The van der Waals surface area contributed by atoms with Gasteiger partial charge in [-0.25, -0.2) is 0 Å². The quantitative estimate of drug-likeness (QED) is 0.215. The summed E-state index contributed by atoms with van der Waals surface area (Å²) in [4.78, 5) is 2.18. The van der Waals surface area contributed by atoms with E-state index in [9.17, 15) is 0 Å². The molecule has 0 aliphatic rings. The molecule has 4 N–H and O–H groups in total. The van der Waals surface area contributed by atoms with E-state index < -0.39 is 12.2 Å². The lowest BCUT2D eigenvalue weighted by Gasteiger charge is -2.30. The van der Waals surface area contributed by atoms with E-state index in [0.717, 1.165) is 17.4 Å². The molecule has 2 atom stereocenters. The zero-order chi connectivity index (χ0) is 18.9. The van der Waals surface area contributed by atoms with E-state index >= 15 is 0 Å². The van der Waals surface area contributed by atoms with Crippen molar-refractivity contribution in [1.29, 1.82) is 0 Å². The summed E-state index contributed by atoms with van der Waals surface area (Å²) in [5, 5.41) is 34.6. The van der Waals surface area contributed by atoms with E-state index in [1.165, 1.54) is 13.0 Å². The second kappa shape index (κ2) is 21.8. The number of aliphatic hydroxyl groups is 4. The Labute approximate surface area is 168 Å². The first kappa shape index (κ1) is 32.4. The van der Waals surface area contributed by atoms with E-state index in [2.05, 4.69) is 62.9 Å². The molecule has 0 heterocycles. The van der Waals surface area contributed by atoms with E-state index in [0.29, 0.717) is 11.9 Å². The zero-order valence-electron chi connectivity index (χ0n) is 16.3. The van der Waals surface area contributed by atoms with Crippen molar-refractivity contribution < 1.29 is 41.9 Å². The molecule has 152 valence electrons. The molecular formula is C16H40Br2N2O4. The Bertz CT molecular complexity index is 232. The summed E-state index contributed by atoms with van der Waals surface area (Å²) in [6.07, 6.45) is 1.19. The van der Waals surface area contributed by atoms with Crippen molar-refractivity contribution >= 4 is 15.9 Å². The summed E-state index contributed by atoms with van der Waals surface area (Å²) in [5.74, 6) is 0. The molecule has 0 bridgehead atoms. The molecule has 0 aromatic rings. The number of hydrogen-bond donors (Lipinski definition) is 4. The summed E-state index contributed by atoms with van der Waals surface area (Å²) in [6, 6.07) is 0. The van der Waals surface area contributed by atoms with Gasteiger partial charge in [0.05, 0.1) is 40.0 Å². The van der Waals surface area contributed by atoms with Crippen LogP contribution < -0.4 is 17.0 Å². The van der Waals surface area contributed by atoms with Crippen LogP contribution in [0.15, 0.2) is 0 Å². The van der Waals surface area contributed by atoms with Gasteiger partial charge in [-0.1, -0.05) is 29.8 Å². The van der Waals surface area contributed by atoms with Gasteiger partial charge in [0.25, 0.3) is 0 Å². The Morgan fingerprint density at radius 1 is 0.958 bits per heavy atom. The highest BCUT2D eigenvalue weighted by molar-refractivity contribution is 9.09. The highest BCUT2D eigenvalue weighted by Crippen LogP contribution is 2.00. The lowest BCUT2D eigenvalue weighted by atomic mass is 10.3. The maximum Gasteiger partial charge on any atom is 0.126 e. The zero-order valence-corrected chi connectivity index (χ0v) is 19.4. The first-order chi connectivity index (χ1) is 10.6. The summed E-state index contributed by atoms with van der Waals surface area (Å²) in [6.45, 7) is 6.88. The monoisotopic (exact) mass is 482 g/mol. The smallest absolute Gasteiger partial charge is 0.126 e. The van der Waals surface area contributed by atoms with Crippen LogP contribution in [0.2, 0.25) is 0 Å². The third-order valence-corrected chi connectivity index (χ3v) is 3.55. The molecule has 0 radical (unpaired) electrons. The normalized spacial score (nSPS) is 13.0. The molecule has 6 nitrogen and oxygen atoms in total. The van der Waals surface area contributed by atoms with Gasteiger partial charge in [0, 0.05) is 5.33 Å². The minimum absolute atomic E-state index is 0. The van der Waals surface area contributed by atoms with Crippen LogP contribution in [0.5, 0.6) is 0 Å². The lowest BCUT2D eigenvalue weighted by molar-refractivity contribution is -0.893. The molecule has 0 saturated carbocycles. The molecule has 0 rings (SSSR count). The van der Waals surface area contributed by atoms with Crippen molar-refractivity contribution in [2.24, 2.45) is 0 Å². The fraction of sp³-hybridized carbons (Fsp3) is 1.00. The van der Waals surface area contributed by atoms with Crippen molar-refractivity contribution in [2.45, 2.75) is 38.9 Å². The number of aliphatic hydroxyl groups excluding tert-OH is 4. The maximum atomic E-state index is 9.15. The Hall–Kier alpha value is 0.720. The van der Waals surface area contributed by atoms with Gasteiger partial charge in [-0.3, -0.25) is 0 Å². The van der Waals surface area contributed by atoms with Crippen LogP contribution in [0.3, 0.4) is 0 Å². The first-order valence-corrected chi connectivity index (χ1v) is 9.32. The number of likely N-dealkylation sites (N-methyl/N-ethyl adjacent to an activating group) is 1. The molecule has 0 aromatic heterocycles. The highest BCUT2D eigenvalue weighted by atomic mass is 79.9. The molecule has 0 aliphatic heterocycles. The third-order valence-electron chi connectivity index (χ3n) is 2.80. The Morgan fingerprint density at radius 2 is 1.42 bits per heavy atom. The minimum atomic E-state index is -0.593. The fourth-order valence-electron chi connectivity index (χ4n) is 1.82. The molecule has 0 aromatic carbocycles. The molecular weight excluding hydrogens is 444 g/mol. The van der Waals surface area contributed by atoms with Crippen molar-refractivity contribution in [2.75, 3.05) is 66.4 Å². The van der Waals surface area contributed by atoms with Gasteiger partial charge >= 0.3 is 0 Å². The second-order valence-corrected chi connectivity index (χ2v) is 7.12. The van der Waals surface area contributed by atoms with Crippen LogP contribution in [-0.2, 0) is 0 Å². The summed E-state index contributed by atoms with van der Waals surface area (Å²) in [7, 11) is 8.29. The number of rotatable bonds is 9. The molecule has 0 aliphatic carbocycles. The number of hydrogen-bond acceptors (Lipinski definition) is 5. The van der Waals surface area contributed by atoms with Crippen LogP contribution in [0.25, 0.3) is 0 Å². The van der Waals surface area contributed by atoms with E-state index in [4.69, 9.17) is 20.4 Å². The maximum absolute atomic E-state index is 9.15. The third kappa shape index (κ3) is 30.6. The van der Waals surface area contributed by atoms with Crippen LogP contribution >= 0.6 is 15.9 Å². The molecule has 0 amide bonds. The number of quaternary nitrogens is 1. The van der Waals surface area contributed by atoms with Crippen molar-refractivity contribution in [3.05, 3.63) is 0 Å². The van der Waals surface area contributed by atoms with Crippen LogP contribution in [0, 0.1) is 0 Å². The molecule has 0 fully saturated rings. The summed E-state index contributed by atoms with van der Waals surface area (Å²) < 4.78 is 0.776. The topological polar surface area (TPSA) is 84.2 Å². The SMILES string of the molecule is CCCN(C)C.CCC[N+](C)(C)CC(O)CO.OCC(O)CBr.[Br-]. The van der Waals surface area contributed by atoms with E-state index in [1.807, 2.05) is 0 Å². The van der Waals surface area contributed by atoms with Crippen molar-refractivity contribution in [3.8, 4) is 0 Å². The Kier molecular flexibility index (Phi) is 29.4. The van der Waals surface area contributed by atoms with Gasteiger partial charge in [-0.15, -0.1) is 0 Å². The van der Waals surface area contributed by atoms with Gasteiger partial charge in [0.2, 0.25) is 0 Å². The predicted octanol–water partition coefficient (Wildman–Crippen LogP) is -2.48. The lowest BCUT2D eigenvalue weighted by Crippen LogP contribution is -3.00. The molecule has 8 heteroatoms. The molecule has 0 spiro atoms. The summed E-state index contributed by atoms with van der Waals surface area (Å²) >= 11 is 2.96. The summed E-state index contributed by atoms with van der Waals surface area (Å²) in [5.41, 5.74) is 0. The standard InChI is InChI=1S/C8H20NO2.C5H13N.C3H7BrO2.BrH/c1-4-5-9(2,3)6-8(11)7-10;1-4-5-6(2)3;4-1-3(6)2-5;/h8,10-11H,4-7H2,1-3H3;4-5H2,1-3H3;3,5-6H,1-2H2;1H/q+1;;;/p-1. The fourth-order valence-corrected chi connectivity index (χ4v) is 2.03. The minimum Gasteiger partial charge on any atom is -1.00 e. The van der Waals surface area contributed by atoms with Crippen LogP contribution in [0.1, 0.15) is 26.7 Å². The molecule has 24 heavy (non-hydrogen) atoms. The Morgan fingerprint density at radius 3 is 1.58 bits per heavy atom. The van der Waals surface area contributed by atoms with Crippen LogP contribution in [-0.4, -0.2) is 108 Å². The number of alkyl halides is 1. The van der Waals surface area contributed by atoms with E-state index in [-0.39, 0.29) is 30.2 Å². The van der Waals surface area contributed by atoms with Crippen molar-refractivity contribution in [1.82, 2.24) is 4.90 Å². The largest absolute Gasteiger partial charge is 1.00 e. The highest BCUT2D eigenvalue weighted by Gasteiger charge is 2.18.